The van der Waals surface area contributed by atoms with E-state index in [4.69, 9.17) is 0 Å². The van der Waals surface area contributed by atoms with Gasteiger partial charge < -0.3 is 10.4 Å². The molecule has 0 amide bonds. The first-order valence-corrected chi connectivity index (χ1v) is 4.76. The second-order valence-corrected chi connectivity index (χ2v) is 3.93. The van der Waals surface area contributed by atoms with Crippen molar-refractivity contribution in [2.75, 3.05) is 13.1 Å². The Morgan fingerprint density at radius 1 is 1.09 bits per heavy atom. The number of rotatable bonds is 0. The highest BCUT2D eigenvalue weighted by molar-refractivity contribution is 4.87. The first kappa shape index (κ1) is 7.56. The van der Waals surface area contributed by atoms with Gasteiger partial charge in [0, 0.05) is 12.5 Å². The molecule has 1 saturated carbocycles. The highest BCUT2D eigenvalue weighted by atomic mass is 16.3. The van der Waals surface area contributed by atoms with E-state index < -0.39 is 0 Å². The van der Waals surface area contributed by atoms with Crippen molar-refractivity contribution in [3.8, 4) is 0 Å². The lowest BCUT2D eigenvalue weighted by Gasteiger charge is -2.19. The zero-order chi connectivity index (χ0) is 7.68. The van der Waals surface area contributed by atoms with E-state index in [9.17, 15) is 5.11 Å². The average molecular weight is 155 g/mol. The van der Waals surface area contributed by atoms with Crippen LogP contribution in [0, 0.1) is 11.8 Å². The summed E-state index contributed by atoms with van der Waals surface area (Å²) >= 11 is 0. The van der Waals surface area contributed by atoms with Crippen LogP contribution in [0.1, 0.15) is 25.7 Å². The van der Waals surface area contributed by atoms with Crippen LogP contribution in [0.25, 0.3) is 0 Å². The van der Waals surface area contributed by atoms with E-state index in [1.807, 2.05) is 0 Å². The summed E-state index contributed by atoms with van der Waals surface area (Å²) < 4.78 is 0. The molecule has 2 rings (SSSR count). The van der Waals surface area contributed by atoms with Gasteiger partial charge in [0.05, 0.1) is 6.10 Å². The van der Waals surface area contributed by atoms with E-state index in [2.05, 4.69) is 5.32 Å². The smallest absolute Gasteiger partial charge is 0.0583 e. The molecular weight excluding hydrogens is 138 g/mol. The number of aliphatic hydroxyl groups is 1. The number of hydrogen-bond donors (Lipinski definition) is 2. The maximum Gasteiger partial charge on any atom is 0.0583 e. The van der Waals surface area contributed by atoms with Gasteiger partial charge in [0.25, 0.3) is 0 Å². The fraction of sp³-hybridized carbons (Fsp3) is 1.00. The van der Waals surface area contributed by atoms with Crippen molar-refractivity contribution < 1.29 is 5.11 Å². The van der Waals surface area contributed by atoms with Gasteiger partial charge in [-0.15, -0.1) is 0 Å². The predicted molar refractivity (Wildman–Crippen MR) is 44.3 cm³/mol. The van der Waals surface area contributed by atoms with Crippen LogP contribution in [0.5, 0.6) is 0 Å². The first-order chi connectivity index (χ1) is 5.38. The van der Waals surface area contributed by atoms with Crippen LogP contribution in [0.15, 0.2) is 0 Å². The normalized spacial score (nSPS) is 45.0. The van der Waals surface area contributed by atoms with Crippen molar-refractivity contribution in [3.63, 3.8) is 0 Å². The third-order valence-electron chi connectivity index (χ3n) is 3.21. The molecule has 2 fully saturated rings. The summed E-state index contributed by atoms with van der Waals surface area (Å²) in [5.74, 6) is 1.34. The average Bonchev–Trinajstić information content (AvgIpc) is 2.40. The largest absolute Gasteiger partial charge is 0.393 e. The minimum absolute atomic E-state index is 0.0162. The van der Waals surface area contributed by atoms with Crippen LogP contribution in [0.4, 0.5) is 0 Å². The van der Waals surface area contributed by atoms with Gasteiger partial charge in [-0.25, -0.2) is 0 Å². The van der Waals surface area contributed by atoms with Gasteiger partial charge in [0.1, 0.15) is 0 Å². The molecule has 2 unspecified atom stereocenters. The van der Waals surface area contributed by atoms with Crippen LogP contribution in [-0.2, 0) is 0 Å². The zero-order valence-corrected chi connectivity index (χ0v) is 6.92. The standard InChI is InChI=1S/C9H17NO/c11-9-4-2-1-3-7-5-10-6-8(7)9/h7-11H,1-6H2/t7-,8?,9?/m1/s1. The molecule has 2 aliphatic rings. The molecule has 64 valence electrons. The van der Waals surface area contributed by atoms with Crippen molar-refractivity contribution in [1.29, 1.82) is 0 Å². The summed E-state index contributed by atoms with van der Waals surface area (Å²) in [7, 11) is 0. The van der Waals surface area contributed by atoms with Crippen LogP contribution >= 0.6 is 0 Å². The Kier molecular flexibility index (Phi) is 2.14. The molecule has 3 atom stereocenters. The second-order valence-electron chi connectivity index (χ2n) is 3.93. The van der Waals surface area contributed by atoms with Crippen LogP contribution in [-0.4, -0.2) is 24.3 Å². The zero-order valence-electron chi connectivity index (χ0n) is 6.92. The number of hydrogen-bond acceptors (Lipinski definition) is 2. The molecule has 0 aromatic rings. The summed E-state index contributed by atoms with van der Waals surface area (Å²) in [5.41, 5.74) is 0. The molecule has 1 aliphatic carbocycles. The van der Waals surface area contributed by atoms with Gasteiger partial charge in [-0.3, -0.25) is 0 Å². The lowest BCUT2D eigenvalue weighted by Crippen LogP contribution is -2.25. The van der Waals surface area contributed by atoms with Gasteiger partial charge in [-0.05, 0) is 25.3 Å². The lowest BCUT2D eigenvalue weighted by molar-refractivity contribution is 0.0943. The van der Waals surface area contributed by atoms with Crippen molar-refractivity contribution in [1.82, 2.24) is 5.32 Å². The molecule has 1 heterocycles. The van der Waals surface area contributed by atoms with Crippen molar-refractivity contribution >= 4 is 0 Å². The molecular formula is C9H17NO. The van der Waals surface area contributed by atoms with Gasteiger partial charge in [0.2, 0.25) is 0 Å². The van der Waals surface area contributed by atoms with Gasteiger partial charge in [-0.2, -0.15) is 0 Å². The third-order valence-corrected chi connectivity index (χ3v) is 3.21. The van der Waals surface area contributed by atoms with Crippen molar-refractivity contribution in [3.05, 3.63) is 0 Å². The summed E-state index contributed by atoms with van der Waals surface area (Å²) in [6.07, 6.45) is 4.89. The van der Waals surface area contributed by atoms with Gasteiger partial charge in [0.15, 0.2) is 0 Å². The van der Waals surface area contributed by atoms with Crippen LogP contribution in [0.3, 0.4) is 0 Å². The topological polar surface area (TPSA) is 32.3 Å². The SMILES string of the molecule is OC1CCCC[C@@H]2CNCC12. The summed E-state index contributed by atoms with van der Waals surface area (Å²) in [5, 5.41) is 13.1. The van der Waals surface area contributed by atoms with E-state index in [1.165, 1.54) is 19.3 Å². The number of fused-ring (bicyclic) bond motifs is 1. The lowest BCUT2D eigenvalue weighted by atomic mass is 9.90. The molecule has 0 aromatic heterocycles. The van der Waals surface area contributed by atoms with E-state index >= 15 is 0 Å². The first-order valence-electron chi connectivity index (χ1n) is 4.76. The molecule has 1 aliphatic heterocycles. The van der Waals surface area contributed by atoms with E-state index in [0.29, 0.717) is 5.92 Å². The maximum absolute atomic E-state index is 9.72. The maximum atomic E-state index is 9.72. The summed E-state index contributed by atoms with van der Waals surface area (Å²) in [4.78, 5) is 0. The Bertz CT molecular complexity index is 138. The fourth-order valence-electron chi connectivity index (χ4n) is 2.49. The Morgan fingerprint density at radius 3 is 2.82 bits per heavy atom. The second kappa shape index (κ2) is 3.11. The molecule has 2 nitrogen and oxygen atoms in total. The molecule has 0 spiro atoms. The molecule has 0 aromatic carbocycles. The molecule has 1 saturated heterocycles. The minimum atomic E-state index is -0.0162. The fourth-order valence-corrected chi connectivity index (χ4v) is 2.49. The quantitative estimate of drug-likeness (QED) is 0.541. The van der Waals surface area contributed by atoms with E-state index in [1.54, 1.807) is 0 Å². The third kappa shape index (κ3) is 1.42. The molecule has 0 radical (unpaired) electrons. The van der Waals surface area contributed by atoms with E-state index in [-0.39, 0.29) is 6.10 Å². The number of aliphatic hydroxyl groups excluding tert-OH is 1. The highest BCUT2D eigenvalue weighted by Gasteiger charge is 2.33. The summed E-state index contributed by atoms with van der Waals surface area (Å²) in [6.45, 7) is 2.19. The van der Waals surface area contributed by atoms with E-state index in [0.717, 1.165) is 25.4 Å². The Hall–Kier alpha value is -0.0800. The predicted octanol–water partition coefficient (Wildman–Crippen LogP) is 0.757. The Morgan fingerprint density at radius 2 is 1.91 bits per heavy atom. The van der Waals surface area contributed by atoms with Gasteiger partial charge >= 0.3 is 0 Å². The Balaban J connectivity index is 2.03. The minimum Gasteiger partial charge on any atom is -0.393 e. The molecule has 2 heteroatoms. The van der Waals surface area contributed by atoms with Crippen LogP contribution < -0.4 is 5.32 Å². The highest BCUT2D eigenvalue weighted by Crippen LogP contribution is 2.31. The van der Waals surface area contributed by atoms with Crippen molar-refractivity contribution in [2.45, 2.75) is 31.8 Å². The number of nitrogens with one attached hydrogen (secondary N) is 1. The van der Waals surface area contributed by atoms with Crippen LogP contribution in [0.2, 0.25) is 0 Å². The van der Waals surface area contributed by atoms with Crippen molar-refractivity contribution in [2.24, 2.45) is 11.8 Å². The molecule has 2 N–H and O–H groups in total. The summed E-state index contributed by atoms with van der Waals surface area (Å²) in [6, 6.07) is 0. The monoisotopic (exact) mass is 155 g/mol. The Labute approximate surface area is 68.0 Å². The van der Waals surface area contributed by atoms with Gasteiger partial charge in [-0.1, -0.05) is 12.8 Å². The molecule has 0 bridgehead atoms. The molecule has 11 heavy (non-hydrogen) atoms.